The lowest BCUT2D eigenvalue weighted by molar-refractivity contribution is 0.353. The predicted molar refractivity (Wildman–Crippen MR) is 108 cm³/mol. The summed E-state index contributed by atoms with van der Waals surface area (Å²) in [5.41, 5.74) is 1.08. The normalized spacial score (nSPS) is 11.4. The number of rotatable bonds is 7. The fourth-order valence-electron chi connectivity index (χ4n) is 2.30. The van der Waals surface area contributed by atoms with Crippen LogP contribution in [-0.4, -0.2) is 43.9 Å². The van der Waals surface area contributed by atoms with E-state index in [4.69, 9.17) is 9.47 Å². The molecule has 9 nitrogen and oxygen atoms in total. The monoisotopic (exact) mass is 414 g/mol. The van der Waals surface area contributed by atoms with E-state index in [-0.39, 0.29) is 28.4 Å². The van der Waals surface area contributed by atoms with E-state index in [1.54, 1.807) is 36.4 Å². The Bertz CT molecular complexity index is 1110. The van der Waals surface area contributed by atoms with Crippen LogP contribution < -0.4 is 14.2 Å². The van der Waals surface area contributed by atoms with Crippen molar-refractivity contribution in [3.05, 3.63) is 60.2 Å². The minimum atomic E-state index is -3.90. The third-order valence-electron chi connectivity index (χ3n) is 3.75. The highest BCUT2D eigenvalue weighted by Gasteiger charge is 2.16. The molecule has 0 saturated heterocycles. The topological polar surface area (TPSA) is 123 Å². The number of phenols is 1. The minimum Gasteiger partial charge on any atom is -0.507 e. The zero-order valence-electron chi connectivity index (χ0n) is 15.6. The van der Waals surface area contributed by atoms with Crippen LogP contribution in [0.2, 0.25) is 0 Å². The molecule has 0 atom stereocenters. The van der Waals surface area contributed by atoms with Gasteiger partial charge in [-0.1, -0.05) is 12.1 Å². The highest BCUT2D eigenvalue weighted by atomic mass is 32.2. The molecule has 1 aromatic heterocycles. The van der Waals surface area contributed by atoms with Gasteiger partial charge in [0.15, 0.2) is 5.82 Å². The van der Waals surface area contributed by atoms with E-state index in [0.717, 1.165) is 0 Å². The molecule has 29 heavy (non-hydrogen) atoms. The number of sulfonamides is 1. The summed E-state index contributed by atoms with van der Waals surface area (Å²) in [6.07, 6.45) is 1.50. The van der Waals surface area contributed by atoms with Gasteiger partial charge in [-0.15, -0.1) is 0 Å². The first-order chi connectivity index (χ1) is 13.9. The predicted octanol–water partition coefficient (Wildman–Crippen LogP) is 2.75. The van der Waals surface area contributed by atoms with Crippen LogP contribution in [0.25, 0.3) is 0 Å². The summed E-state index contributed by atoms with van der Waals surface area (Å²) in [6, 6.07) is 14.0. The number of benzene rings is 2. The van der Waals surface area contributed by atoms with Crippen molar-refractivity contribution in [3.63, 3.8) is 0 Å². The Morgan fingerprint density at radius 3 is 2.41 bits per heavy atom. The molecule has 0 spiro atoms. The second-order valence-electron chi connectivity index (χ2n) is 5.70. The van der Waals surface area contributed by atoms with Gasteiger partial charge >= 0.3 is 6.01 Å². The van der Waals surface area contributed by atoms with Gasteiger partial charge in [-0.25, -0.2) is 8.42 Å². The van der Waals surface area contributed by atoms with Crippen molar-refractivity contribution in [3.8, 4) is 17.6 Å². The number of aliphatic imine (C=N–C) groups is 1. The van der Waals surface area contributed by atoms with Crippen LogP contribution in [0.15, 0.2) is 64.5 Å². The summed E-state index contributed by atoms with van der Waals surface area (Å²) >= 11 is 0. The fourth-order valence-corrected chi connectivity index (χ4v) is 3.29. The Labute approximate surface area is 167 Å². The molecular formula is C19H18N4O5S. The van der Waals surface area contributed by atoms with E-state index in [0.29, 0.717) is 11.3 Å². The summed E-state index contributed by atoms with van der Waals surface area (Å²) in [7, 11) is -1.14. The first-order valence-electron chi connectivity index (χ1n) is 8.33. The van der Waals surface area contributed by atoms with Gasteiger partial charge in [-0.2, -0.15) is 9.97 Å². The molecule has 0 radical (unpaired) electrons. The van der Waals surface area contributed by atoms with Crippen LogP contribution in [0, 0.1) is 0 Å². The van der Waals surface area contributed by atoms with Crippen LogP contribution in [-0.2, 0) is 10.0 Å². The first-order valence-corrected chi connectivity index (χ1v) is 9.81. The average Bonchev–Trinajstić information content (AvgIpc) is 2.72. The zero-order valence-corrected chi connectivity index (χ0v) is 16.4. The van der Waals surface area contributed by atoms with Gasteiger partial charge in [0.05, 0.1) is 24.8 Å². The van der Waals surface area contributed by atoms with E-state index >= 15 is 0 Å². The second-order valence-corrected chi connectivity index (χ2v) is 7.38. The van der Waals surface area contributed by atoms with E-state index in [1.165, 1.54) is 38.6 Å². The molecule has 0 fully saturated rings. The van der Waals surface area contributed by atoms with Crippen LogP contribution >= 0.6 is 0 Å². The number of nitrogens with one attached hydrogen (secondary N) is 1. The smallest absolute Gasteiger partial charge is 0.321 e. The lowest BCUT2D eigenvalue weighted by atomic mass is 10.2. The Morgan fingerprint density at radius 1 is 1.03 bits per heavy atom. The lowest BCUT2D eigenvalue weighted by Gasteiger charge is -2.09. The molecule has 0 bridgehead atoms. The largest absolute Gasteiger partial charge is 0.507 e. The van der Waals surface area contributed by atoms with Crippen molar-refractivity contribution in [2.75, 3.05) is 18.9 Å². The van der Waals surface area contributed by atoms with Gasteiger partial charge in [0.2, 0.25) is 5.88 Å². The number of hydrogen-bond donors (Lipinski definition) is 2. The molecule has 2 N–H and O–H groups in total. The summed E-state index contributed by atoms with van der Waals surface area (Å²) in [4.78, 5) is 12.1. The molecule has 0 amide bonds. The third-order valence-corrected chi connectivity index (χ3v) is 5.12. The molecule has 1 heterocycles. The number of ether oxygens (including phenoxy) is 2. The number of para-hydroxylation sites is 1. The van der Waals surface area contributed by atoms with Crippen molar-refractivity contribution < 1.29 is 23.0 Å². The molecule has 150 valence electrons. The minimum absolute atomic E-state index is 0.00958. The first kappa shape index (κ1) is 20.1. The molecule has 0 saturated carbocycles. The standard InChI is InChI=1S/C19H18N4O5S/c1-27-18-11-17(21-19(22-18)28-2)23-29(25,26)15-9-7-14(8-10-15)20-12-13-5-3-4-6-16(13)24/h3-12,24H,1-2H3,(H,21,22,23). The molecule has 0 unspecified atom stereocenters. The molecule has 0 aliphatic carbocycles. The van der Waals surface area contributed by atoms with Crippen LogP contribution in [0.1, 0.15) is 5.56 Å². The van der Waals surface area contributed by atoms with Gasteiger partial charge in [0.25, 0.3) is 10.0 Å². The van der Waals surface area contributed by atoms with Gasteiger partial charge < -0.3 is 14.6 Å². The Kier molecular flexibility index (Phi) is 5.93. The van der Waals surface area contributed by atoms with Crippen molar-refractivity contribution in [1.82, 2.24) is 9.97 Å². The van der Waals surface area contributed by atoms with Gasteiger partial charge in [-0.3, -0.25) is 9.71 Å². The highest BCUT2D eigenvalue weighted by molar-refractivity contribution is 7.92. The number of aromatic hydroxyl groups is 1. The maximum atomic E-state index is 12.6. The molecule has 3 rings (SSSR count). The van der Waals surface area contributed by atoms with E-state index in [1.807, 2.05) is 0 Å². The average molecular weight is 414 g/mol. The summed E-state index contributed by atoms with van der Waals surface area (Å²) in [5.74, 6) is 0.272. The molecule has 0 aliphatic heterocycles. The number of phenolic OH excluding ortho intramolecular Hbond substituents is 1. The Morgan fingerprint density at radius 2 is 1.76 bits per heavy atom. The molecule has 3 aromatic rings. The number of methoxy groups -OCH3 is 2. The molecular weight excluding hydrogens is 396 g/mol. The number of hydrogen-bond acceptors (Lipinski definition) is 8. The quantitative estimate of drug-likeness (QED) is 0.570. The summed E-state index contributed by atoms with van der Waals surface area (Å²) in [5, 5.41) is 9.75. The van der Waals surface area contributed by atoms with Crippen molar-refractivity contribution in [2.45, 2.75) is 4.90 Å². The molecule has 2 aromatic carbocycles. The van der Waals surface area contributed by atoms with Crippen LogP contribution in [0.5, 0.6) is 17.6 Å². The third kappa shape index (κ3) is 4.99. The lowest BCUT2D eigenvalue weighted by Crippen LogP contribution is -2.14. The summed E-state index contributed by atoms with van der Waals surface area (Å²) < 4.78 is 37.5. The van der Waals surface area contributed by atoms with Crippen molar-refractivity contribution in [1.29, 1.82) is 0 Å². The Balaban J connectivity index is 1.79. The fraction of sp³-hybridized carbons (Fsp3) is 0.105. The van der Waals surface area contributed by atoms with Gasteiger partial charge in [-0.05, 0) is 36.4 Å². The van der Waals surface area contributed by atoms with Crippen molar-refractivity contribution in [2.24, 2.45) is 4.99 Å². The highest BCUT2D eigenvalue weighted by Crippen LogP contribution is 2.22. The molecule has 0 aliphatic rings. The Hall–Kier alpha value is -3.66. The van der Waals surface area contributed by atoms with Crippen LogP contribution in [0.4, 0.5) is 11.5 Å². The number of aromatic nitrogens is 2. The van der Waals surface area contributed by atoms with Gasteiger partial charge in [0.1, 0.15) is 5.75 Å². The number of nitrogens with zero attached hydrogens (tertiary/aromatic N) is 3. The van der Waals surface area contributed by atoms with E-state index in [9.17, 15) is 13.5 Å². The second kappa shape index (κ2) is 8.57. The zero-order chi connectivity index (χ0) is 20.9. The van der Waals surface area contributed by atoms with E-state index < -0.39 is 10.0 Å². The maximum Gasteiger partial charge on any atom is 0.321 e. The molecule has 10 heteroatoms. The summed E-state index contributed by atoms with van der Waals surface area (Å²) in [6.45, 7) is 0. The van der Waals surface area contributed by atoms with Gasteiger partial charge in [0, 0.05) is 17.8 Å². The van der Waals surface area contributed by atoms with E-state index in [2.05, 4.69) is 19.7 Å². The maximum absolute atomic E-state index is 12.6. The number of anilines is 1. The van der Waals surface area contributed by atoms with Crippen LogP contribution in [0.3, 0.4) is 0 Å². The SMILES string of the molecule is COc1cc(NS(=O)(=O)c2ccc(N=Cc3ccccc3O)cc2)nc(OC)n1. The van der Waals surface area contributed by atoms with Crippen molar-refractivity contribution >= 4 is 27.7 Å².